The molecule has 0 aliphatic carbocycles. The van der Waals surface area contributed by atoms with Crippen molar-refractivity contribution in [3.8, 4) is 0 Å². The topological polar surface area (TPSA) is 128 Å². The van der Waals surface area contributed by atoms with Crippen LogP contribution in [-0.4, -0.2) is 54.3 Å². The number of nitrogens with zero attached hydrogens (tertiary/aromatic N) is 3. The summed E-state index contributed by atoms with van der Waals surface area (Å²) in [7, 11) is -2.53. The molecule has 12 heteroatoms. The fourth-order valence-corrected chi connectivity index (χ4v) is 4.92. The number of hydrogen-bond acceptors (Lipinski definition) is 8. The normalized spacial score (nSPS) is 11.5. The standard InChI is InChI=1S/C17H22N4O6S2/c1-5-21(6-2)29(25,26)12-7-8-14(23)20(9-12)10-13(22)19-17-18-11(3)15(28-17)16(24)27-4/h7-9H,5-6,10H2,1-4H3,(H,18,19,22). The number of amides is 1. The van der Waals surface area contributed by atoms with E-state index >= 15 is 0 Å². The van der Waals surface area contributed by atoms with Crippen LogP contribution in [0.1, 0.15) is 29.2 Å². The van der Waals surface area contributed by atoms with Gasteiger partial charge in [-0.1, -0.05) is 25.2 Å². The van der Waals surface area contributed by atoms with E-state index in [0.29, 0.717) is 5.69 Å². The number of nitrogens with one attached hydrogen (secondary N) is 1. The van der Waals surface area contributed by atoms with Gasteiger partial charge in [-0.15, -0.1) is 0 Å². The average Bonchev–Trinajstić information content (AvgIpc) is 3.03. The van der Waals surface area contributed by atoms with Gasteiger partial charge in [0.05, 0.1) is 17.7 Å². The predicted octanol–water partition coefficient (Wildman–Crippen LogP) is 1.07. The highest BCUT2D eigenvalue weighted by Crippen LogP contribution is 2.23. The van der Waals surface area contributed by atoms with Gasteiger partial charge in [0.2, 0.25) is 15.9 Å². The minimum absolute atomic E-state index is 0.0772. The fraction of sp³-hybridized carbons (Fsp3) is 0.412. The first-order valence-electron chi connectivity index (χ1n) is 8.70. The third kappa shape index (κ3) is 5.08. The van der Waals surface area contributed by atoms with E-state index in [1.807, 2.05) is 0 Å². The minimum Gasteiger partial charge on any atom is -0.465 e. The Morgan fingerprint density at radius 1 is 1.28 bits per heavy atom. The van der Waals surface area contributed by atoms with Crippen LogP contribution in [0, 0.1) is 6.92 Å². The van der Waals surface area contributed by atoms with Crippen LogP contribution in [0.3, 0.4) is 0 Å². The number of hydrogen-bond donors (Lipinski definition) is 1. The molecule has 0 aromatic carbocycles. The van der Waals surface area contributed by atoms with Crippen molar-refractivity contribution in [1.29, 1.82) is 0 Å². The molecule has 2 aromatic rings. The van der Waals surface area contributed by atoms with E-state index in [1.54, 1.807) is 20.8 Å². The van der Waals surface area contributed by atoms with Crippen LogP contribution in [0.25, 0.3) is 0 Å². The van der Waals surface area contributed by atoms with Crippen molar-refractivity contribution in [2.45, 2.75) is 32.2 Å². The Morgan fingerprint density at radius 2 is 1.93 bits per heavy atom. The first kappa shape index (κ1) is 22.7. The SMILES string of the molecule is CCN(CC)S(=O)(=O)c1ccc(=O)n(CC(=O)Nc2nc(C)c(C(=O)OC)s2)c1. The van der Waals surface area contributed by atoms with Crippen molar-refractivity contribution < 1.29 is 22.7 Å². The van der Waals surface area contributed by atoms with Crippen LogP contribution in [0.2, 0.25) is 0 Å². The van der Waals surface area contributed by atoms with Crippen LogP contribution in [-0.2, 0) is 26.1 Å². The summed E-state index contributed by atoms with van der Waals surface area (Å²) in [5.41, 5.74) is -0.120. The van der Waals surface area contributed by atoms with Crippen molar-refractivity contribution >= 4 is 38.4 Å². The number of rotatable bonds is 8. The number of carbonyl (C=O) groups excluding carboxylic acids is 2. The summed E-state index contributed by atoms with van der Waals surface area (Å²) in [5.74, 6) is -1.15. The average molecular weight is 443 g/mol. The van der Waals surface area contributed by atoms with Gasteiger partial charge in [-0.05, 0) is 13.0 Å². The van der Waals surface area contributed by atoms with E-state index in [4.69, 9.17) is 0 Å². The summed E-state index contributed by atoms with van der Waals surface area (Å²) in [6, 6.07) is 2.32. The van der Waals surface area contributed by atoms with E-state index in [0.717, 1.165) is 28.2 Å². The molecule has 0 atom stereocenters. The molecule has 0 spiro atoms. The Labute approximate surface area is 172 Å². The predicted molar refractivity (Wildman–Crippen MR) is 108 cm³/mol. The number of anilines is 1. The molecule has 0 fully saturated rings. The Kier molecular flexibility index (Phi) is 7.27. The Balaban J connectivity index is 2.23. The molecule has 1 amide bonds. The van der Waals surface area contributed by atoms with Gasteiger partial charge in [0.15, 0.2) is 5.13 Å². The Hall–Kier alpha value is -2.57. The van der Waals surface area contributed by atoms with Gasteiger partial charge in [-0.25, -0.2) is 18.2 Å². The van der Waals surface area contributed by atoms with Crippen LogP contribution in [0.15, 0.2) is 28.0 Å². The lowest BCUT2D eigenvalue weighted by molar-refractivity contribution is -0.116. The van der Waals surface area contributed by atoms with E-state index in [1.165, 1.54) is 17.5 Å². The van der Waals surface area contributed by atoms with Crippen molar-refractivity contribution in [3.05, 3.63) is 39.3 Å². The first-order valence-corrected chi connectivity index (χ1v) is 11.0. The van der Waals surface area contributed by atoms with Gasteiger partial charge >= 0.3 is 5.97 Å². The quantitative estimate of drug-likeness (QED) is 0.606. The van der Waals surface area contributed by atoms with Crippen molar-refractivity contribution in [1.82, 2.24) is 13.9 Å². The highest BCUT2D eigenvalue weighted by molar-refractivity contribution is 7.89. The maximum Gasteiger partial charge on any atom is 0.350 e. The van der Waals surface area contributed by atoms with Gasteiger partial charge < -0.3 is 14.6 Å². The van der Waals surface area contributed by atoms with Crippen LogP contribution < -0.4 is 10.9 Å². The fourth-order valence-electron chi connectivity index (χ4n) is 2.54. The summed E-state index contributed by atoms with van der Waals surface area (Å²) in [4.78, 5) is 40.3. The summed E-state index contributed by atoms with van der Waals surface area (Å²) in [5, 5.41) is 2.68. The molecule has 2 heterocycles. The number of pyridine rings is 1. The van der Waals surface area contributed by atoms with Crippen LogP contribution >= 0.6 is 11.3 Å². The number of methoxy groups -OCH3 is 1. The summed E-state index contributed by atoms with van der Waals surface area (Å²) >= 11 is 0.945. The Bertz CT molecular complexity index is 1070. The molecule has 158 valence electrons. The highest BCUT2D eigenvalue weighted by Gasteiger charge is 2.23. The largest absolute Gasteiger partial charge is 0.465 e. The second kappa shape index (κ2) is 9.29. The van der Waals surface area contributed by atoms with Gasteiger partial charge in [0.25, 0.3) is 5.56 Å². The molecule has 2 rings (SSSR count). The number of carbonyl (C=O) groups is 2. The second-order valence-electron chi connectivity index (χ2n) is 5.89. The molecule has 0 saturated heterocycles. The molecule has 0 unspecified atom stereocenters. The van der Waals surface area contributed by atoms with Gasteiger partial charge in [0.1, 0.15) is 11.4 Å². The number of aryl methyl sites for hydroxylation is 1. The minimum atomic E-state index is -3.77. The van der Waals surface area contributed by atoms with Gasteiger partial charge in [-0.2, -0.15) is 4.31 Å². The van der Waals surface area contributed by atoms with E-state index in [2.05, 4.69) is 15.0 Å². The number of esters is 1. The van der Waals surface area contributed by atoms with E-state index in [9.17, 15) is 22.8 Å². The molecule has 1 N–H and O–H groups in total. The molecule has 0 radical (unpaired) electrons. The van der Waals surface area contributed by atoms with Crippen LogP contribution in [0.4, 0.5) is 5.13 Å². The van der Waals surface area contributed by atoms with Gasteiger partial charge in [-0.3, -0.25) is 9.59 Å². The zero-order chi connectivity index (χ0) is 21.8. The summed E-state index contributed by atoms with van der Waals surface area (Å²) < 4.78 is 32.2. The lowest BCUT2D eigenvalue weighted by Gasteiger charge is -2.18. The second-order valence-corrected chi connectivity index (χ2v) is 8.83. The maximum absolute atomic E-state index is 12.6. The molecular formula is C17H22N4O6S2. The van der Waals surface area contributed by atoms with Crippen LogP contribution in [0.5, 0.6) is 0 Å². The number of thiazole rings is 1. The molecule has 0 bridgehead atoms. The smallest absolute Gasteiger partial charge is 0.350 e. The third-order valence-electron chi connectivity index (χ3n) is 4.03. The lowest BCUT2D eigenvalue weighted by atomic mass is 10.4. The van der Waals surface area contributed by atoms with E-state index < -0.39 is 34.0 Å². The Morgan fingerprint density at radius 3 is 2.52 bits per heavy atom. The zero-order valence-electron chi connectivity index (χ0n) is 16.5. The molecule has 0 aliphatic heterocycles. The molecule has 10 nitrogen and oxygen atoms in total. The number of ether oxygens (including phenoxy) is 1. The zero-order valence-corrected chi connectivity index (χ0v) is 18.1. The molecule has 0 aliphatic rings. The van der Waals surface area contributed by atoms with Crippen molar-refractivity contribution in [2.75, 3.05) is 25.5 Å². The van der Waals surface area contributed by atoms with Gasteiger partial charge in [0, 0.05) is 25.4 Å². The first-order chi connectivity index (χ1) is 13.6. The third-order valence-corrected chi connectivity index (χ3v) is 7.11. The van der Waals surface area contributed by atoms with Crippen molar-refractivity contribution in [3.63, 3.8) is 0 Å². The molecule has 0 saturated carbocycles. The molecule has 2 aromatic heterocycles. The van der Waals surface area contributed by atoms with Crippen molar-refractivity contribution in [2.24, 2.45) is 0 Å². The lowest BCUT2D eigenvalue weighted by Crippen LogP contribution is -2.33. The molecular weight excluding hydrogens is 420 g/mol. The summed E-state index contributed by atoms with van der Waals surface area (Å²) in [6.07, 6.45) is 1.14. The highest BCUT2D eigenvalue weighted by atomic mass is 32.2. The maximum atomic E-state index is 12.6. The molecule has 29 heavy (non-hydrogen) atoms. The van der Waals surface area contributed by atoms with E-state index in [-0.39, 0.29) is 28.0 Å². The number of aromatic nitrogens is 2. The monoisotopic (exact) mass is 442 g/mol. The number of sulfonamides is 1. The summed E-state index contributed by atoms with van der Waals surface area (Å²) in [6.45, 7) is 5.18.